The highest BCUT2D eigenvalue weighted by atomic mass is 19.2. The molecule has 0 bridgehead atoms. The van der Waals surface area contributed by atoms with Gasteiger partial charge < -0.3 is 5.32 Å². The molecule has 1 atom stereocenters. The Morgan fingerprint density at radius 3 is 2.67 bits per heavy atom. The molecule has 0 aromatic heterocycles. The number of hydrogen-bond donors (Lipinski definition) is 1. The number of rotatable bonds is 5. The van der Waals surface area contributed by atoms with Gasteiger partial charge in [-0.2, -0.15) is 0 Å². The predicted molar refractivity (Wildman–Crippen MR) is 57.7 cm³/mol. The summed E-state index contributed by atoms with van der Waals surface area (Å²) in [6.07, 6.45) is 2.39. The van der Waals surface area contributed by atoms with Crippen LogP contribution in [-0.4, -0.2) is 12.6 Å². The van der Waals surface area contributed by atoms with Crippen molar-refractivity contribution >= 4 is 0 Å². The predicted octanol–water partition coefficient (Wildman–Crippen LogP) is 2.67. The molecule has 1 aromatic carbocycles. The Balaban J connectivity index is 2.70. The van der Waals surface area contributed by atoms with Crippen LogP contribution in [0.15, 0.2) is 30.9 Å². The van der Waals surface area contributed by atoms with Crippen LogP contribution in [0.25, 0.3) is 0 Å². The smallest absolute Gasteiger partial charge is 0.159 e. The third kappa shape index (κ3) is 3.44. The third-order valence-corrected chi connectivity index (χ3v) is 2.19. The molecule has 1 rings (SSSR count). The molecule has 3 heteroatoms. The van der Waals surface area contributed by atoms with E-state index in [4.69, 9.17) is 0 Å². The lowest BCUT2D eigenvalue weighted by Gasteiger charge is -2.13. The van der Waals surface area contributed by atoms with Crippen LogP contribution in [0.4, 0.5) is 8.78 Å². The number of likely N-dealkylation sites (N-methyl/N-ethyl adjacent to an activating group) is 1. The zero-order valence-corrected chi connectivity index (χ0v) is 8.76. The lowest BCUT2D eigenvalue weighted by molar-refractivity contribution is 0.505. The quantitative estimate of drug-likeness (QED) is 0.738. The highest BCUT2D eigenvalue weighted by molar-refractivity contribution is 5.19. The van der Waals surface area contributed by atoms with Gasteiger partial charge in [0.2, 0.25) is 0 Å². The van der Waals surface area contributed by atoms with Gasteiger partial charge in [0.1, 0.15) is 0 Å². The lowest BCUT2D eigenvalue weighted by atomic mass is 10.1. The number of hydrogen-bond acceptors (Lipinski definition) is 1. The molecule has 1 aromatic rings. The molecule has 0 aliphatic rings. The Morgan fingerprint density at radius 1 is 1.40 bits per heavy atom. The summed E-state index contributed by atoms with van der Waals surface area (Å²) in [6.45, 7) is 6.49. The summed E-state index contributed by atoms with van der Waals surface area (Å²) in [5.41, 5.74) is 0.764. The van der Waals surface area contributed by atoms with Gasteiger partial charge in [0.25, 0.3) is 0 Å². The van der Waals surface area contributed by atoms with Gasteiger partial charge in [-0.05, 0) is 30.7 Å². The summed E-state index contributed by atoms with van der Waals surface area (Å²) < 4.78 is 25.6. The van der Waals surface area contributed by atoms with Crippen LogP contribution in [0.3, 0.4) is 0 Å². The summed E-state index contributed by atoms with van der Waals surface area (Å²) in [6, 6.07) is 4.06. The van der Waals surface area contributed by atoms with Crippen molar-refractivity contribution in [3.05, 3.63) is 48.1 Å². The molecule has 0 aliphatic heterocycles. The average molecular weight is 211 g/mol. The Bertz CT molecular complexity index is 336. The molecule has 1 N–H and O–H groups in total. The maximum absolute atomic E-state index is 12.9. The Kier molecular flexibility index (Phi) is 4.43. The molecule has 1 nitrogen and oxygen atoms in total. The fourth-order valence-electron chi connectivity index (χ4n) is 1.42. The van der Waals surface area contributed by atoms with E-state index >= 15 is 0 Å². The van der Waals surface area contributed by atoms with E-state index in [1.165, 1.54) is 6.07 Å². The van der Waals surface area contributed by atoms with Crippen molar-refractivity contribution in [2.24, 2.45) is 0 Å². The molecule has 0 aliphatic carbocycles. The first-order chi connectivity index (χ1) is 7.17. The summed E-state index contributed by atoms with van der Waals surface area (Å²) in [7, 11) is 0. The van der Waals surface area contributed by atoms with E-state index in [1.807, 2.05) is 6.92 Å². The first kappa shape index (κ1) is 11.9. The van der Waals surface area contributed by atoms with Crippen LogP contribution in [0, 0.1) is 11.6 Å². The van der Waals surface area contributed by atoms with E-state index in [2.05, 4.69) is 11.9 Å². The van der Waals surface area contributed by atoms with Gasteiger partial charge in [-0.25, -0.2) is 8.78 Å². The SMILES string of the molecule is C=CC(Cc1ccc(F)c(F)c1)NCC. The Labute approximate surface area is 88.8 Å². The zero-order chi connectivity index (χ0) is 11.3. The second-order valence-electron chi connectivity index (χ2n) is 3.35. The van der Waals surface area contributed by atoms with Crippen molar-refractivity contribution in [1.29, 1.82) is 0 Å². The minimum atomic E-state index is -0.808. The minimum absolute atomic E-state index is 0.0971. The number of benzene rings is 1. The van der Waals surface area contributed by atoms with Crippen LogP contribution in [0.1, 0.15) is 12.5 Å². The second kappa shape index (κ2) is 5.61. The summed E-state index contributed by atoms with van der Waals surface area (Å²) >= 11 is 0. The van der Waals surface area contributed by atoms with Crippen molar-refractivity contribution in [2.45, 2.75) is 19.4 Å². The molecule has 1 unspecified atom stereocenters. The van der Waals surface area contributed by atoms with E-state index in [1.54, 1.807) is 12.1 Å². The zero-order valence-electron chi connectivity index (χ0n) is 8.76. The van der Waals surface area contributed by atoms with Crippen LogP contribution in [0.2, 0.25) is 0 Å². The lowest BCUT2D eigenvalue weighted by Crippen LogP contribution is -2.28. The maximum atomic E-state index is 12.9. The first-order valence-corrected chi connectivity index (χ1v) is 4.97. The minimum Gasteiger partial charge on any atom is -0.310 e. The fourth-order valence-corrected chi connectivity index (χ4v) is 1.42. The van der Waals surface area contributed by atoms with Gasteiger partial charge in [-0.15, -0.1) is 6.58 Å². The van der Waals surface area contributed by atoms with E-state index in [0.29, 0.717) is 6.42 Å². The molecule has 0 saturated carbocycles. The fraction of sp³-hybridized carbons (Fsp3) is 0.333. The largest absolute Gasteiger partial charge is 0.310 e. The van der Waals surface area contributed by atoms with Crippen LogP contribution in [-0.2, 0) is 6.42 Å². The number of halogens is 2. The van der Waals surface area contributed by atoms with Gasteiger partial charge in [-0.3, -0.25) is 0 Å². The topological polar surface area (TPSA) is 12.0 Å². The van der Waals surface area contributed by atoms with Crippen molar-refractivity contribution < 1.29 is 8.78 Å². The molecule has 0 amide bonds. The second-order valence-corrected chi connectivity index (χ2v) is 3.35. The molecule has 15 heavy (non-hydrogen) atoms. The Hall–Kier alpha value is -1.22. The van der Waals surface area contributed by atoms with Crippen molar-refractivity contribution in [1.82, 2.24) is 5.32 Å². The number of nitrogens with one attached hydrogen (secondary N) is 1. The van der Waals surface area contributed by atoms with E-state index in [9.17, 15) is 8.78 Å². The van der Waals surface area contributed by atoms with Gasteiger partial charge in [0, 0.05) is 6.04 Å². The van der Waals surface area contributed by atoms with Crippen LogP contribution >= 0.6 is 0 Å². The van der Waals surface area contributed by atoms with E-state index in [-0.39, 0.29) is 6.04 Å². The van der Waals surface area contributed by atoms with Crippen LogP contribution in [0.5, 0.6) is 0 Å². The molecular formula is C12H15F2N. The monoisotopic (exact) mass is 211 g/mol. The molecule has 0 spiro atoms. The summed E-state index contributed by atoms with van der Waals surface area (Å²) in [5, 5.41) is 3.18. The highest BCUT2D eigenvalue weighted by Crippen LogP contribution is 2.10. The first-order valence-electron chi connectivity index (χ1n) is 4.97. The van der Waals surface area contributed by atoms with Crippen molar-refractivity contribution in [2.75, 3.05) is 6.54 Å². The van der Waals surface area contributed by atoms with E-state index in [0.717, 1.165) is 18.2 Å². The summed E-state index contributed by atoms with van der Waals surface area (Å²) in [4.78, 5) is 0. The Morgan fingerprint density at radius 2 is 2.13 bits per heavy atom. The van der Waals surface area contributed by atoms with Gasteiger partial charge in [0.05, 0.1) is 0 Å². The molecule has 0 heterocycles. The van der Waals surface area contributed by atoms with Crippen LogP contribution < -0.4 is 5.32 Å². The standard InChI is InChI=1S/C12H15F2N/c1-3-10(15-4-2)7-9-5-6-11(13)12(14)8-9/h3,5-6,8,10,15H,1,4,7H2,2H3. The molecule has 0 fully saturated rings. The molecule has 0 saturated heterocycles. The third-order valence-electron chi connectivity index (χ3n) is 2.19. The van der Waals surface area contributed by atoms with Crippen molar-refractivity contribution in [3.63, 3.8) is 0 Å². The van der Waals surface area contributed by atoms with Gasteiger partial charge >= 0.3 is 0 Å². The van der Waals surface area contributed by atoms with Gasteiger partial charge in [0.15, 0.2) is 11.6 Å². The summed E-state index contributed by atoms with van der Waals surface area (Å²) in [5.74, 6) is -1.61. The molecule has 82 valence electrons. The van der Waals surface area contributed by atoms with Gasteiger partial charge in [-0.1, -0.05) is 19.1 Å². The molecular weight excluding hydrogens is 196 g/mol. The highest BCUT2D eigenvalue weighted by Gasteiger charge is 2.06. The maximum Gasteiger partial charge on any atom is 0.159 e. The van der Waals surface area contributed by atoms with Crippen molar-refractivity contribution in [3.8, 4) is 0 Å². The normalized spacial score (nSPS) is 12.5. The molecule has 0 radical (unpaired) electrons. The average Bonchev–Trinajstić information content (AvgIpc) is 2.23. The van der Waals surface area contributed by atoms with E-state index < -0.39 is 11.6 Å².